The summed E-state index contributed by atoms with van der Waals surface area (Å²) in [5.74, 6) is 0.542. The molecular weight excluding hydrogens is 290 g/mol. The van der Waals surface area contributed by atoms with Gasteiger partial charge in [0.25, 0.3) is 0 Å². The van der Waals surface area contributed by atoms with E-state index in [1.165, 1.54) is 0 Å². The molecule has 8 heteroatoms. The van der Waals surface area contributed by atoms with Gasteiger partial charge in [-0.15, -0.1) is 5.10 Å². The molecule has 0 bridgehead atoms. The average Bonchev–Trinajstić information content (AvgIpc) is 2.40. The maximum absolute atomic E-state index is 11.4. The number of rotatable bonds is 3. The second-order valence-electron chi connectivity index (χ2n) is 5.40. The molecular formula is C13H19N5O2S. The molecule has 0 aromatic carbocycles. The number of sulfonamides is 1. The highest BCUT2D eigenvalue weighted by Gasteiger charge is 2.26. The second-order valence-corrected chi connectivity index (χ2v) is 7.18. The van der Waals surface area contributed by atoms with E-state index in [-0.39, 0.29) is 6.04 Å². The average molecular weight is 309 g/mol. The summed E-state index contributed by atoms with van der Waals surface area (Å²) in [5, 5.41) is 17.6. The van der Waals surface area contributed by atoms with Crippen molar-refractivity contribution >= 4 is 15.8 Å². The molecule has 21 heavy (non-hydrogen) atoms. The minimum Gasteiger partial charge on any atom is -0.352 e. The van der Waals surface area contributed by atoms with Crippen LogP contribution in [0.15, 0.2) is 0 Å². The summed E-state index contributed by atoms with van der Waals surface area (Å²) in [6.45, 7) is 4.91. The van der Waals surface area contributed by atoms with Crippen molar-refractivity contribution in [2.75, 3.05) is 24.2 Å². The molecule has 114 valence electrons. The molecule has 1 aliphatic rings. The van der Waals surface area contributed by atoms with Crippen LogP contribution >= 0.6 is 0 Å². The minimum absolute atomic E-state index is 0.163. The van der Waals surface area contributed by atoms with Crippen LogP contribution in [-0.4, -0.2) is 44.0 Å². The first-order valence-corrected chi connectivity index (χ1v) is 8.67. The summed E-state index contributed by atoms with van der Waals surface area (Å²) in [6.07, 6.45) is 2.78. The lowest BCUT2D eigenvalue weighted by molar-refractivity contribution is 0.464. The van der Waals surface area contributed by atoms with E-state index in [1.54, 1.807) is 0 Å². The molecule has 1 aliphatic heterocycles. The van der Waals surface area contributed by atoms with Gasteiger partial charge < -0.3 is 4.90 Å². The fraction of sp³-hybridized carbons (Fsp3) is 0.615. The SMILES string of the molecule is Cc1nnc(N2CCC[C@@H](NS(C)(=O)=O)C2)c(C#N)c1C. The van der Waals surface area contributed by atoms with Crippen LogP contribution in [0.4, 0.5) is 5.82 Å². The second kappa shape index (κ2) is 5.95. The van der Waals surface area contributed by atoms with E-state index in [4.69, 9.17) is 0 Å². The summed E-state index contributed by atoms with van der Waals surface area (Å²) in [4.78, 5) is 1.93. The van der Waals surface area contributed by atoms with Crippen molar-refractivity contribution in [3.05, 3.63) is 16.8 Å². The van der Waals surface area contributed by atoms with Gasteiger partial charge in [-0.1, -0.05) is 0 Å². The van der Waals surface area contributed by atoms with Gasteiger partial charge in [0, 0.05) is 19.1 Å². The third-order valence-electron chi connectivity index (χ3n) is 3.65. The number of anilines is 1. The number of nitriles is 1. The van der Waals surface area contributed by atoms with Gasteiger partial charge in [0.2, 0.25) is 10.0 Å². The highest BCUT2D eigenvalue weighted by atomic mass is 32.2. The lowest BCUT2D eigenvalue weighted by Crippen LogP contribution is -2.48. The van der Waals surface area contributed by atoms with Crippen molar-refractivity contribution in [3.63, 3.8) is 0 Å². The number of nitrogens with zero attached hydrogens (tertiary/aromatic N) is 4. The molecule has 0 radical (unpaired) electrons. The first-order valence-electron chi connectivity index (χ1n) is 6.78. The number of aromatic nitrogens is 2. The van der Waals surface area contributed by atoms with E-state index in [2.05, 4.69) is 21.0 Å². The Kier molecular flexibility index (Phi) is 4.44. The fourth-order valence-electron chi connectivity index (χ4n) is 2.52. The van der Waals surface area contributed by atoms with Crippen molar-refractivity contribution in [2.45, 2.75) is 32.7 Å². The number of hydrogen-bond acceptors (Lipinski definition) is 6. The van der Waals surface area contributed by atoms with Gasteiger partial charge in [-0.05, 0) is 32.3 Å². The Hall–Kier alpha value is -1.72. The smallest absolute Gasteiger partial charge is 0.209 e. The van der Waals surface area contributed by atoms with Gasteiger partial charge in [-0.3, -0.25) is 0 Å². The molecule has 0 aliphatic carbocycles. The highest BCUT2D eigenvalue weighted by molar-refractivity contribution is 7.88. The molecule has 0 amide bonds. The lowest BCUT2D eigenvalue weighted by atomic mass is 10.0. The standard InChI is InChI=1S/C13H19N5O2S/c1-9-10(2)15-16-13(12(9)7-14)18-6-4-5-11(8-18)17-21(3,19)20/h11,17H,4-6,8H2,1-3H3/t11-/m1/s1. The molecule has 1 saturated heterocycles. The maximum atomic E-state index is 11.4. The highest BCUT2D eigenvalue weighted by Crippen LogP contribution is 2.24. The van der Waals surface area contributed by atoms with Crippen LogP contribution in [0, 0.1) is 25.2 Å². The predicted molar refractivity (Wildman–Crippen MR) is 79.4 cm³/mol. The molecule has 0 spiro atoms. The number of piperidine rings is 1. The third-order valence-corrected chi connectivity index (χ3v) is 4.41. The van der Waals surface area contributed by atoms with E-state index >= 15 is 0 Å². The van der Waals surface area contributed by atoms with E-state index in [0.29, 0.717) is 17.9 Å². The Bertz CT molecular complexity index is 681. The van der Waals surface area contributed by atoms with Crippen LogP contribution < -0.4 is 9.62 Å². The largest absolute Gasteiger partial charge is 0.352 e. The molecule has 2 rings (SSSR count). The van der Waals surface area contributed by atoms with Crippen LogP contribution in [0.5, 0.6) is 0 Å². The Morgan fingerprint density at radius 3 is 2.71 bits per heavy atom. The Balaban J connectivity index is 2.27. The summed E-state index contributed by atoms with van der Waals surface area (Å²) < 4.78 is 25.3. The van der Waals surface area contributed by atoms with Crippen molar-refractivity contribution in [2.24, 2.45) is 0 Å². The van der Waals surface area contributed by atoms with Crippen molar-refractivity contribution in [1.82, 2.24) is 14.9 Å². The molecule has 1 N–H and O–H groups in total. The molecule has 0 unspecified atom stereocenters. The van der Waals surface area contributed by atoms with Gasteiger partial charge >= 0.3 is 0 Å². The summed E-state index contributed by atoms with van der Waals surface area (Å²) in [5.41, 5.74) is 2.07. The van der Waals surface area contributed by atoms with Crippen molar-refractivity contribution in [3.8, 4) is 6.07 Å². The summed E-state index contributed by atoms with van der Waals surface area (Å²) >= 11 is 0. The van der Waals surface area contributed by atoms with Gasteiger partial charge in [0.1, 0.15) is 11.6 Å². The van der Waals surface area contributed by atoms with Gasteiger partial charge in [-0.25, -0.2) is 13.1 Å². The first kappa shape index (κ1) is 15.7. The van der Waals surface area contributed by atoms with Crippen molar-refractivity contribution in [1.29, 1.82) is 5.26 Å². The minimum atomic E-state index is -3.24. The van der Waals surface area contributed by atoms with E-state index in [9.17, 15) is 13.7 Å². The third kappa shape index (κ3) is 3.68. The van der Waals surface area contributed by atoms with Crippen LogP contribution in [0.1, 0.15) is 29.7 Å². The van der Waals surface area contributed by atoms with Crippen LogP contribution in [0.3, 0.4) is 0 Å². The van der Waals surface area contributed by atoms with Gasteiger partial charge in [0.05, 0.1) is 11.9 Å². The van der Waals surface area contributed by atoms with Crippen molar-refractivity contribution < 1.29 is 8.42 Å². The maximum Gasteiger partial charge on any atom is 0.209 e. The fourth-order valence-corrected chi connectivity index (χ4v) is 3.32. The molecule has 1 fully saturated rings. The zero-order valence-corrected chi connectivity index (χ0v) is 13.2. The number of aryl methyl sites for hydroxylation is 1. The predicted octanol–water partition coefficient (Wildman–Crippen LogP) is 0.483. The first-order chi connectivity index (χ1) is 9.81. The van der Waals surface area contributed by atoms with Crippen LogP contribution in [-0.2, 0) is 10.0 Å². The summed E-state index contributed by atoms with van der Waals surface area (Å²) in [6, 6.07) is 2.02. The van der Waals surface area contributed by atoms with Gasteiger partial charge in [0.15, 0.2) is 5.82 Å². The normalized spacial score (nSPS) is 19.3. The quantitative estimate of drug-likeness (QED) is 0.872. The molecule has 0 saturated carbocycles. The molecule has 1 aromatic rings. The Labute approximate surface area is 125 Å². The number of hydrogen-bond donors (Lipinski definition) is 1. The molecule has 7 nitrogen and oxygen atoms in total. The lowest BCUT2D eigenvalue weighted by Gasteiger charge is -2.33. The van der Waals surface area contributed by atoms with E-state index in [1.807, 2.05) is 18.7 Å². The van der Waals surface area contributed by atoms with Crippen LogP contribution in [0.25, 0.3) is 0 Å². The molecule has 1 aromatic heterocycles. The molecule has 2 heterocycles. The van der Waals surface area contributed by atoms with Gasteiger partial charge in [-0.2, -0.15) is 10.4 Å². The number of nitrogens with one attached hydrogen (secondary N) is 1. The van der Waals surface area contributed by atoms with E-state index < -0.39 is 10.0 Å². The topological polar surface area (TPSA) is 99.0 Å². The molecule has 1 atom stereocenters. The summed E-state index contributed by atoms with van der Waals surface area (Å²) in [7, 11) is -3.24. The van der Waals surface area contributed by atoms with Crippen LogP contribution in [0.2, 0.25) is 0 Å². The Morgan fingerprint density at radius 1 is 1.38 bits per heavy atom. The Morgan fingerprint density at radius 2 is 2.10 bits per heavy atom. The monoisotopic (exact) mass is 309 g/mol. The zero-order valence-electron chi connectivity index (χ0n) is 12.4. The zero-order chi connectivity index (χ0) is 15.6. The van der Waals surface area contributed by atoms with E-state index in [0.717, 1.165) is 36.9 Å².